The van der Waals surface area contributed by atoms with Crippen LogP contribution in [0.15, 0.2) is 51.9 Å². The lowest BCUT2D eigenvalue weighted by atomic mass is 9.88. The molecule has 1 amide bonds. The number of aliphatic imine (C=N–C) groups is 1. The topological polar surface area (TPSA) is 67.5 Å². The van der Waals surface area contributed by atoms with Crippen LogP contribution in [0, 0.1) is 5.92 Å². The maximum atomic E-state index is 13.2. The molecule has 6 heteroatoms. The van der Waals surface area contributed by atoms with Crippen molar-refractivity contribution in [2.75, 3.05) is 7.05 Å². The van der Waals surface area contributed by atoms with Gasteiger partial charge in [0.25, 0.3) is 5.91 Å². The van der Waals surface area contributed by atoms with E-state index in [9.17, 15) is 4.79 Å². The highest BCUT2D eigenvalue weighted by atomic mass is 35.5. The van der Waals surface area contributed by atoms with Gasteiger partial charge in [-0.1, -0.05) is 43.1 Å². The summed E-state index contributed by atoms with van der Waals surface area (Å²) in [6.07, 6.45) is 5.02. The molecule has 0 spiro atoms. The van der Waals surface area contributed by atoms with Crippen molar-refractivity contribution < 1.29 is 9.21 Å². The molecular formula is C24H26ClN3O2. The molecule has 1 aromatic heterocycles. The Balaban J connectivity index is 1.64. The third-order valence-electron chi connectivity index (χ3n) is 5.71. The first-order valence-electron chi connectivity index (χ1n) is 10.4. The van der Waals surface area contributed by atoms with E-state index in [1.165, 1.54) is 0 Å². The Labute approximate surface area is 181 Å². The minimum absolute atomic E-state index is 0.0426. The van der Waals surface area contributed by atoms with E-state index in [1.807, 2.05) is 37.4 Å². The number of carbonyl (C=O) groups excluding carboxylic acids is 1. The first-order chi connectivity index (χ1) is 14.5. The molecule has 0 aliphatic heterocycles. The monoisotopic (exact) mass is 423 g/mol. The first-order valence-corrected chi connectivity index (χ1v) is 10.8. The molecule has 4 rings (SSSR count). The van der Waals surface area contributed by atoms with Gasteiger partial charge in [0.2, 0.25) is 5.89 Å². The van der Waals surface area contributed by atoms with E-state index in [0.29, 0.717) is 33.5 Å². The van der Waals surface area contributed by atoms with Gasteiger partial charge in [0.05, 0.1) is 5.56 Å². The molecule has 1 saturated carbocycles. The Morgan fingerprint density at radius 1 is 1.27 bits per heavy atom. The van der Waals surface area contributed by atoms with Gasteiger partial charge < -0.3 is 9.73 Å². The Morgan fingerprint density at radius 3 is 2.83 bits per heavy atom. The summed E-state index contributed by atoms with van der Waals surface area (Å²) in [4.78, 5) is 22.3. The molecule has 156 valence electrons. The number of hydrogen-bond donors (Lipinski definition) is 1. The quantitative estimate of drug-likeness (QED) is 0.568. The number of nitrogens with one attached hydrogen (secondary N) is 1. The second-order valence-electron chi connectivity index (χ2n) is 8.08. The van der Waals surface area contributed by atoms with Crippen LogP contribution in [0.5, 0.6) is 0 Å². The SMILES string of the molecule is CN=C1CCCC(C)CC(NC(=O)c2cc(Cl)cc3oc(-c4ccccc4)nc23)C1. The van der Waals surface area contributed by atoms with Crippen LogP contribution < -0.4 is 5.32 Å². The van der Waals surface area contributed by atoms with Gasteiger partial charge >= 0.3 is 0 Å². The third-order valence-corrected chi connectivity index (χ3v) is 5.93. The smallest absolute Gasteiger partial charge is 0.253 e. The van der Waals surface area contributed by atoms with E-state index in [2.05, 4.69) is 22.2 Å². The minimum Gasteiger partial charge on any atom is -0.436 e. The molecule has 1 N–H and O–H groups in total. The predicted molar refractivity (Wildman–Crippen MR) is 121 cm³/mol. The number of halogens is 1. The molecule has 1 heterocycles. The largest absolute Gasteiger partial charge is 0.436 e. The molecule has 2 atom stereocenters. The van der Waals surface area contributed by atoms with Crippen LogP contribution in [-0.4, -0.2) is 29.7 Å². The number of carbonyl (C=O) groups is 1. The lowest BCUT2D eigenvalue weighted by molar-refractivity contribution is 0.0933. The van der Waals surface area contributed by atoms with Crippen molar-refractivity contribution in [2.45, 2.75) is 45.1 Å². The summed E-state index contributed by atoms with van der Waals surface area (Å²) >= 11 is 6.30. The van der Waals surface area contributed by atoms with Gasteiger partial charge in [-0.05, 0) is 43.4 Å². The number of hydrogen-bond acceptors (Lipinski definition) is 4. The summed E-state index contributed by atoms with van der Waals surface area (Å²) in [5.41, 5.74) is 3.49. The van der Waals surface area contributed by atoms with Crippen molar-refractivity contribution in [3.05, 3.63) is 53.1 Å². The number of nitrogens with zero attached hydrogens (tertiary/aromatic N) is 2. The molecule has 0 saturated heterocycles. The number of oxazole rings is 1. The van der Waals surface area contributed by atoms with Crippen molar-refractivity contribution in [1.82, 2.24) is 10.3 Å². The molecule has 1 aliphatic carbocycles. The molecule has 30 heavy (non-hydrogen) atoms. The number of benzene rings is 2. The Morgan fingerprint density at radius 2 is 2.07 bits per heavy atom. The highest BCUT2D eigenvalue weighted by Crippen LogP contribution is 2.29. The van der Waals surface area contributed by atoms with Crippen LogP contribution in [-0.2, 0) is 0 Å². The number of amides is 1. The average molecular weight is 424 g/mol. The highest BCUT2D eigenvalue weighted by Gasteiger charge is 2.24. The Hall–Kier alpha value is -2.66. The summed E-state index contributed by atoms with van der Waals surface area (Å²) in [7, 11) is 1.83. The first kappa shape index (κ1) is 20.6. The summed E-state index contributed by atoms with van der Waals surface area (Å²) in [6.45, 7) is 2.24. The fourth-order valence-electron chi connectivity index (χ4n) is 4.18. The molecule has 2 unspecified atom stereocenters. The zero-order chi connectivity index (χ0) is 21.1. The normalized spacial score (nSPS) is 21.4. The number of rotatable bonds is 3. The Bertz CT molecular complexity index is 1070. The molecule has 3 aromatic rings. The van der Waals surface area contributed by atoms with Crippen molar-refractivity contribution >= 4 is 34.3 Å². The van der Waals surface area contributed by atoms with Gasteiger partial charge in [-0.3, -0.25) is 9.79 Å². The van der Waals surface area contributed by atoms with Gasteiger partial charge in [0.1, 0.15) is 5.52 Å². The molecular weight excluding hydrogens is 398 g/mol. The Kier molecular flexibility index (Phi) is 6.18. The molecule has 1 fully saturated rings. The van der Waals surface area contributed by atoms with Gasteiger partial charge in [-0.15, -0.1) is 0 Å². The zero-order valence-electron chi connectivity index (χ0n) is 17.3. The van der Waals surface area contributed by atoms with E-state index < -0.39 is 0 Å². The summed E-state index contributed by atoms with van der Waals surface area (Å²) in [5, 5.41) is 3.66. The van der Waals surface area contributed by atoms with Crippen LogP contribution >= 0.6 is 11.6 Å². The fourth-order valence-corrected chi connectivity index (χ4v) is 4.39. The van der Waals surface area contributed by atoms with Crippen LogP contribution in [0.3, 0.4) is 0 Å². The summed E-state index contributed by atoms with van der Waals surface area (Å²) < 4.78 is 5.91. The third kappa shape index (κ3) is 4.57. The highest BCUT2D eigenvalue weighted by molar-refractivity contribution is 6.32. The van der Waals surface area contributed by atoms with Crippen LogP contribution in [0.25, 0.3) is 22.6 Å². The maximum absolute atomic E-state index is 13.2. The number of aromatic nitrogens is 1. The molecule has 0 bridgehead atoms. The molecule has 5 nitrogen and oxygen atoms in total. The zero-order valence-corrected chi connectivity index (χ0v) is 18.1. The van der Waals surface area contributed by atoms with Crippen LogP contribution in [0.2, 0.25) is 5.02 Å². The predicted octanol–water partition coefficient (Wildman–Crippen LogP) is 5.92. The molecule has 1 aliphatic rings. The van der Waals surface area contributed by atoms with Gasteiger partial charge in [-0.25, -0.2) is 4.98 Å². The molecule has 0 radical (unpaired) electrons. The lowest BCUT2D eigenvalue weighted by Crippen LogP contribution is -2.38. The van der Waals surface area contributed by atoms with E-state index in [0.717, 1.165) is 43.4 Å². The van der Waals surface area contributed by atoms with Gasteiger partial charge in [0, 0.05) is 41.9 Å². The van der Waals surface area contributed by atoms with Crippen molar-refractivity contribution in [1.29, 1.82) is 0 Å². The van der Waals surface area contributed by atoms with E-state index in [1.54, 1.807) is 12.1 Å². The maximum Gasteiger partial charge on any atom is 0.253 e. The van der Waals surface area contributed by atoms with E-state index in [-0.39, 0.29) is 11.9 Å². The van der Waals surface area contributed by atoms with Crippen LogP contribution in [0.1, 0.15) is 49.4 Å². The molecule has 2 aromatic carbocycles. The van der Waals surface area contributed by atoms with Gasteiger partial charge in [0.15, 0.2) is 5.58 Å². The second-order valence-corrected chi connectivity index (χ2v) is 8.52. The minimum atomic E-state index is -0.177. The van der Waals surface area contributed by atoms with Crippen molar-refractivity contribution in [3.8, 4) is 11.5 Å². The lowest BCUT2D eigenvalue weighted by Gasteiger charge is -2.26. The summed E-state index contributed by atoms with van der Waals surface area (Å²) in [5.74, 6) is 0.857. The van der Waals surface area contributed by atoms with Crippen molar-refractivity contribution in [3.63, 3.8) is 0 Å². The van der Waals surface area contributed by atoms with Gasteiger partial charge in [-0.2, -0.15) is 0 Å². The van der Waals surface area contributed by atoms with E-state index in [4.69, 9.17) is 16.0 Å². The second kappa shape index (κ2) is 9.00. The fraction of sp³-hybridized carbons (Fsp3) is 0.375. The standard InChI is InChI=1S/C24H26ClN3O2/c1-15-7-6-10-18(26-2)14-19(11-15)27-23(29)20-12-17(25)13-21-22(20)28-24(30-21)16-8-4-3-5-9-16/h3-5,8-9,12-13,15,19H,6-7,10-11,14H2,1-2H3,(H,27,29). The summed E-state index contributed by atoms with van der Waals surface area (Å²) in [6, 6.07) is 13.0. The van der Waals surface area contributed by atoms with Crippen molar-refractivity contribution in [2.24, 2.45) is 10.9 Å². The van der Waals surface area contributed by atoms with E-state index >= 15 is 0 Å². The number of fused-ring (bicyclic) bond motifs is 1. The average Bonchev–Trinajstić information content (AvgIpc) is 3.15. The van der Waals surface area contributed by atoms with Crippen LogP contribution in [0.4, 0.5) is 0 Å².